The molecule has 0 unspecified atom stereocenters. The molecule has 4 rings (SSSR count). The molecule has 2 aromatic carbocycles. The predicted molar refractivity (Wildman–Crippen MR) is 102 cm³/mol. The molecule has 6 heteroatoms. The number of halogens is 1. The maximum absolute atomic E-state index is 12.0. The van der Waals surface area contributed by atoms with Gasteiger partial charge in [0.15, 0.2) is 5.58 Å². The molecule has 0 bridgehead atoms. The maximum atomic E-state index is 12.0. The second-order valence-corrected chi connectivity index (χ2v) is 7.29. The molecule has 130 valence electrons. The van der Waals surface area contributed by atoms with Crippen molar-refractivity contribution in [3.05, 3.63) is 81.1 Å². The van der Waals surface area contributed by atoms with E-state index < -0.39 is 0 Å². The first kappa shape index (κ1) is 16.8. The highest BCUT2D eigenvalue weighted by Crippen LogP contribution is 2.26. The van der Waals surface area contributed by atoms with Crippen molar-refractivity contribution >= 4 is 39.9 Å². The van der Waals surface area contributed by atoms with Gasteiger partial charge in [-0.25, -0.2) is 0 Å². The van der Waals surface area contributed by atoms with Crippen LogP contribution in [0, 0.1) is 0 Å². The van der Waals surface area contributed by atoms with E-state index in [4.69, 9.17) is 20.9 Å². The van der Waals surface area contributed by atoms with E-state index in [9.17, 15) is 4.79 Å². The highest BCUT2D eigenvalue weighted by atomic mass is 35.5. The Morgan fingerprint density at radius 3 is 2.77 bits per heavy atom. The maximum Gasteiger partial charge on any atom is 0.316 e. The molecular weight excluding hydrogens is 370 g/mol. The third-order valence-electron chi connectivity index (χ3n) is 3.93. The van der Waals surface area contributed by atoms with Gasteiger partial charge >= 0.3 is 5.97 Å². The van der Waals surface area contributed by atoms with Crippen molar-refractivity contribution < 1.29 is 14.1 Å². The third kappa shape index (κ3) is 3.79. The average molecular weight is 384 g/mol. The number of thiophene rings is 1. The molecule has 0 aliphatic heterocycles. The Labute approximate surface area is 159 Å². The predicted octanol–water partition coefficient (Wildman–Crippen LogP) is 5.28. The lowest BCUT2D eigenvalue weighted by Gasteiger charge is -2.03. The zero-order chi connectivity index (χ0) is 17.9. The largest absolute Gasteiger partial charge is 0.426 e. The Balaban J connectivity index is 1.49. The molecule has 0 saturated carbocycles. The fourth-order valence-corrected chi connectivity index (χ4v) is 3.50. The summed E-state index contributed by atoms with van der Waals surface area (Å²) in [4.78, 5) is 13.0. The molecule has 26 heavy (non-hydrogen) atoms. The summed E-state index contributed by atoms with van der Waals surface area (Å²) in [6.45, 7) is 0. The lowest BCUT2D eigenvalue weighted by Crippen LogP contribution is -2.10. The Hall–Kier alpha value is -2.63. The van der Waals surface area contributed by atoms with Gasteiger partial charge in [0.1, 0.15) is 5.75 Å². The van der Waals surface area contributed by atoms with E-state index in [1.54, 1.807) is 12.1 Å². The molecule has 0 aliphatic rings. The van der Waals surface area contributed by atoms with Crippen LogP contribution >= 0.6 is 22.9 Å². The summed E-state index contributed by atoms with van der Waals surface area (Å²) in [7, 11) is 0. The van der Waals surface area contributed by atoms with Crippen molar-refractivity contribution in [3.63, 3.8) is 0 Å². The molecule has 0 spiro atoms. The summed E-state index contributed by atoms with van der Waals surface area (Å²) in [5.41, 5.74) is 2.52. The Morgan fingerprint density at radius 1 is 1.15 bits per heavy atom. The molecule has 0 aliphatic carbocycles. The van der Waals surface area contributed by atoms with Crippen LogP contribution in [0.25, 0.3) is 11.0 Å². The smallest absolute Gasteiger partial charge is 0.316 e. The lowest BCUT2D eigenvalue weighted by molar-refractivity contribution is -0.133. The lowest BCUT2D eigenvalue weighted by atomic mass is 10.1. The van der Waals surface area contributed by atoms with Crippen LogP contribution in [-0.4, -0.2) is 11.1 Å². The summed E-state index contributed by atoms with van der Waals surface area (Å²) in [5.74, 6) is 0.154. The van der Waals surface area contributed by atoms with Crippen molar-refractivity contribution in [2.75, 3.05) is 0 Å². The number of carbonyl (C=O) groups is 1. The van der Waals surface area contributed by atoms with E-state index >= 15 is 0 Å². The minimum atomic E-state index is -0.298. The van der Waals surface area contributed by atoms with Crippen molar-refractivity contribution in [3.8, 4) is 5.75 Å². The first-order chi connectivity index (χ1) is 12.7. The minimum Gasteiger partial charge on any atom is -0.426 e. The normalized spacial score (nSPS) is 11.0. The first-order valence-electron chi connectivity index (χ1n) is 8.03. The standard InChI is InChI=1S/C20H14ClNO3S/c21-14-5-3-13(4-6-14)10-18-17-8-7-15(11-19(17)25-22-18)24-20(23)12-16-2-1-9-26-16/h1-9,11H,10,12H2. The number of benzene rings is 2. The molecule has 2 aromatic heterocycles. The molecule has 4 nitrogen and oxygen atoms in total. The Bertz CT molecular complexity index is 1040. The number of esters is 1. The number of hydrogen-bond donors (Lipinski definition) is 0. The van der Waals surface area contributed by atoms with Crippen LogP contribution in [0.3, 0.4) is 0 Å². The number of carbonyl (C=O) groups excluding carboxylic acids is 1. The quantitative estimate of drug-likeness (QED) is 0.347. The van der Waals surface area contributed by atoms with E-state index in [0.717, 1.165) is 21.5 Å². The topological polar surface area (TPSA) is 52.3 Å². The van der Waals surface area contributed by atoms with E-state index in [1.165, 1.54) is 11.3 Å². The SMILES string of the molecule is O=C(Cc1cccs1)Oc1ccc2c(Cc3ccc(Cl)cc3)noc2c1. The number of ether oxygens (including phenoxy) is 1. The van der Waals surface area contributed by atoms with Gasteiger partial charge < -0.3 is 9.26 Å². The van der Waals surface area contributed by atoms with E-state index in [-0.39, 0.29) is 12.4 Å². The molecule has 0 radical (unpaired) electrons. The zero-order valence-corrected chi connectivity index (χ0v) is 15.2. The van der Waals surface area contributed by atoms with Gasteiger partial charge in [-0.3, -0.25) is 4.79 Å². The third-order valence-corrected chi connectivity index (χ3v) is 5.06. The second kappa shape index (κ2) is 7.32. The average Bonchev–Trinajstić information content (AvgIpc) is 3.27. The van der Waals surface area contributed by atoms with Gasteiger partial charge in [0.2, 0.25) is 0 Å². The number of rotatable bonds is 5. The number of fused-ring (bicyclic) bond motifs is 1. The first-order valence-corrected chi connectivity index (χ1v) is 9.29. The van der Waals surface area contributed by atoms with E-state index in [2.05, 4.69) is 5.16 Å². The monoisotopic (exact) mass is 383 g/mol. The van der Waals surface area contributed by atoms with Crippen molar-refractivity contribution in [1.82, 2.24) is 5.16 Å². The van der Waals surface area contributed by atoms with Crippen LogP contribution in [0.4, 0.5) is 0 Å². The van der Waals surface area contributed by atoms with Gasteiger partial charge in [-0.05, 0) is 41.3 Å². The molecule has 2 heterocycles. The summed E-state index contributed by atoms with van der Waals surface area (Å²) in [5, 5.41) is 7.69. The highest BCUT2D eigenvalue weighted by molar-refractivity contribution is 7.10. The number of aromatic nitrogens is 1. The highest BCUT2D eigenvalue weighted by Gasteiger charge is 2.12. The van der Waals surface area contributed by atoms with Crippen molar-refractivity contribution in [1.29, 1.82) is 0 Å². The summed E-state index contributed by atoms with van der Waals surface area (Å²) >= 11 is 7.45. The molecule has 0 amide bonds. The summed E-state index contributed by atoms with van der Waals surface area (Å²) < 4.78 is 10.8. The molecule has 0 saturated heterocycles. The van der Waals surface area contributed by atoms with Crippen molar-refractivity contribution in [2.24, 2.45) is 0 Å². The number of hydrogen-bond acceptors (Lipinski definition) is 5. The van der Waals surface area contributed by atoms with E-state index in [0.29, 0.717) is 22.8 Å². The number of nitrogens with zero attached hydrogens (tertiary/aromatic N) is 1. The summed E-state index contributed by atoms with van der Waals surface area (Å²) in [6, 6.07) is 16.8. The van der Waals surface area contributed by atoms with Crippen LogP contribution in [-0.2, 0) is 17.6 Å². The zero-order valence-electron chi connectivity index (χ0n) is 13.6. The Kier molecular flexibility index (Phi) is 4.73. The molecule has 0 N–H and O–H groups in total. The molecule has 0 fully saturated rings. The van der Waals surface area contributed by atoms with Gasteiger partial charge in [0.05, 0.1) is 12.1 Å². The Morgan fingerprint density at radius 2 is 2.00 bits per heavy atom. The van der Waals surface area contributed by atoms with Crippen molar-refractivity contribution in [2.45, 2.75) is 12.8 Å². The van der Waals surface area contributed by atoms with Gasteiger partial charge in [0, 0.05) is 27.8 Å². The van der Waals surface area contributed by atoms with E-state index in [1.807, 2.05) is 47.8 Å². The fraction of sp³-hybridized carbons (Fsp3) is 0.100. The van der Waals surface area contributed by atoms with Gasteiger partial charge in [0.25, 0.3) is 0 Å². The van der Waals surface area contributed by atoms with Crippen LogP contribution in [0.1, 0.15) is 16.1 Å². The van der Waals surface area contributed by atoms with Gasteiger partial charge in [-0.2, -0.15) is 0 Å². The van der Waals surface area contributed by atoms with Crippen LogP contribution < -0.4 is 4.74 Å². The van der Waals surface area contributed by atoms with Crippen LogP contribution in [0.5, 0.6) is 5.75 Å². The second-order valence-electron chi connectivity index (χ2n) is 5.82. The minimum absolute atomic E-state index is 0.258. The molecule has 0 atom stereocenters. The molecular formula is C20H14ClNO3S. The summed E-state index contributed by atoms with van der Waals surface area (Å²) in [6.07, 6.45) is 0.898. The van der Waals surface area contributed by atoms with Gasteiger partial charge in [-0.1, -0.05) is 35.0 Å². The molecule has 4 aromatic rings. The van der Waals surface area contributed by atoms with Gasteiger partial charge in [-0.15, -0.1) is 11.3 Å². The fourth-order valence-electron chi connectivity index (χ4n) is 2.68. The van der Waals surface area contributed by atoms with Crippen LogP contribution in [0.2, 0.25) is 5.02 Å². The van der Waals surface area contributed by atoms with Crippen LogP contribution in [0.15, 0.2) is 64.5 Å².